The lowest BCUT2D eigenvalue weighted by Gasteiger charge is -2.17. The zero-order chi connectivity index (χ0) is 9.68. The van der Waals surface area contributed by atoms with Gasteiger partial charge in [-0.15, -0.1) is 11.3 Å². The maximum atomic E-state index is 5.45. The first-order valence-corrected chi connectivity index (χ1v) is 5.59. The van der Waals surface area contributed by atoms with Crippen LogP contribution in [0.1, 0.15) is 18.4 Å². The second kappa shape index (κ2) is 5.25. The molecule has 0 saturated heterocycles. The standard InChI is InChI=1S/C10H18N2S/c1-9-5-8-13-10(9)12(2)7-4-3-6-11/h5,8H,3-4,6-7,11H2,1-2H3. The van der Waals surface area contributed by atoms with Gasteiger partial charge < -0.3 is 10.6 Å². The van der Waals surface area contributed by atoms with Gasteiger partial charge in [0.05, 0.1) is 5.00 Å². The van der Waals surface area contributed by atoms with E-state index in [0.717, 1.165) is 19.5 Å². The SMILES string of the molecule is Cc1ccsc1N(C)CCCCN. The highest BCUT2D eigenvalue weighted by Crippen LogP contribution is 2.25. The molecule has 13 heavy (non-hydrogen) atoms. The lowest BCUT2D eigenvalue weighted by atomic mass is 10.3. The van der Waals surface area contributed by atoms with E-state index in [-0.39, 0.29) is 0 Å². The van der Waals surface area contributed by atoms with E-state index in [1.807, 2.05) is 11.3 Å². The van der Waals surface area contributed by atoms with Crippen molar-refractivity contribution >= 4 is 16.3 Å². The summed E-state index contributed by atoms with van der Waals surface area (Å²) in [5, 5.41) is 3.53. The topological polar surface area (TPSA) is 29.3 Å². The number of hydrogen-bond donors (Lipinski definition) is 1. The van der Waals surface area contributed by atoms with Crippen molar-refractivity contribution in [2.45, 2.75) is 19.8 Å². The van der Waals surface area contributed by atoms with Gasteiger partial charge in [0.1, 0.15) is 0 Å². The summed E-state index contributed by atoms with van der Waals surface area (Å²) in [4.78, 5) is 2.32. The van der Waals surface area contributed by atoms with Crippen molar-refractivity contribution in [2.24, 2.45) is 5.73 Å². The van der Waals surface area contributed by atoms with Gasteiger partial charge in [-0.3, -0.25) is 0 Å². The molecule has 0 amide bonds. The number of hydrogen-bond acceptors (Lipinski definition) is 3. The summed E-state index contributed by atoms with van der Waals surface area (Å²) in [5.41, 5.74) is 6.82. The molecular weight excluding hydrogens is 180 g/mol. The van der Waals surface area contributed by atoms with Crippen LogP contribution in [0.2, 0.25) is 0 Å². The van der Waals surface area contributed by atoms with Gasteiger partial charge in [-0.05, 0) is 43.3 Å². The van der Waals surface area contributed by atoms with Crippen LogP contribution in [0.3, 0.4) is 0 Å². The Balaban J connectivity index is 2.39. The first-order chi connectivity index (χ1) is 6.25. The molecule has 0 saturated carbocycles. The van der Waals surface area contributed by atoms with Crippen LogP contribution >= 0.6 is 11.3 Å². The predicted molar refractivity (Wildman–Crippen MR) is 60.6 cm³/mol. The molecule has 1 aromatic heterocycles. The third-order valence-corrected chi connectivity index (χ3v) is 3.26. The third kappa shape index (κ3) is 3.01. The van der Waals surface area contributed by atoms with E-state index in [4.69, 9.17) is 5.73 Å². The number of nitrogens with zero attached hydrogens (tertiary/aromatic N) is 1. The molecule has 0 spiro atoms. The summed E-state index contributed by atoms with van der Waals surface area (Å²) in [6.07, 6.45) is 2.30. The monoisotopic (exact) mass is 198 g/mol. The summed E-state index contributed by atoms with van der Waals surface area (Å²) in [6, 6.07) is 2.17. The molecule has 0 radical (unpaired) electrons. The van der Waals surface area contributed by atoms with E-state index >= 15 is 0 Å². The van der Waals surface area contributed by atoms with E-state index in [9.17, 15) is 0 Å². The van der Waals surface area contributed by atoms with Gasteiger partial charge in [-0.1, -0.05) is 0 Å². The van der Waals surface area contributed by atoms with Gasteiger partial charge in [-0.25, -0.2) is 0 Å². The van der Waals surface area contributed by atoms with Crippen molar-refractivity contribution in [2.75, 3.05) is 25.0 Å². The fourth-order valence-corrected chi connectivity index (χ4v) is 2.28. The average molecular weight is 198 g/mol. The minimum atomic E-state index is 0.803. The lowest BCUT2D eigenvalue weighted by Crippen LogP contribution is -2.18. The zero-order valence-corrected chi connectivity index (χ0v) is 9.23. The van der Waals surface area contributed by atoms with Crippen molar-refractivity contribution < 1.29 is 0 Å². The van der Waals surface area contributed by atoms with Crippen LogP contribution in [0.4, 0.5) is 5.00 Å². The number of nitrogens with two attached hydrogens (primary N) is 1. The smallest absolute Gasteiger partial charge is 0.0935 e. The summed E-state index contributed by atoms with van der Waals surface area (Å²) in [6.45, 7) is 4.07. The minimum absolute atomic E-state index is 0.803. The van der Waals surface area contributed by atoms with Gasteiger partial charge >= 0.3 is 0 Å². The number of anilines is 1. The molecule has 2 N–H and O–H groups in total. The molecule has 0 aliphatic rings. The van der Waals surface area contributed by atoms with Crippen molar-refractivity contribution in [3.05, 3.63) is 17.0 Å². The maximum Gasteiger partial charge on any atom is 0.0935 e. The van der Waals surface area contributed by atoms with Crippen LogP contribution in [0.25, 0.3) is 0 Å². The molecule has 0 fully saturated rings. The molecule has 0 aliphatic carbocycles. The molecule has 0 aliphatic heterocycles. The quantitative estimate of drug-likeness (QED) is 0.735. The molecule has 0 atom stereocenters. The molecular formula is C10H18N2S. The number of aryl methyl sites for hydroxylation is 1. The molecule has 3 heteroatoms. The highest BCUT2D eigenvalue weighted by molar-refractivity contribution is 7.14. The Labute approximate surface area is 84.4 Å². The first kappa shape index (κ1) is 10.5. The Morgan fingerprint density at radius 2 is 2.23 bits per heavy atom. The molecule has 74 valence electrons. The molecule has 2 nitrogen and oxygen atoms in total. The molecule has 1 aromatic rings. The third-order valence-electron chi connectivity index (χ3n) is 2.13. The van der Waals surface area contributed by atoms with Crippen molar-refractivity contribution in [3.8, 4) is 0 Å². The Kier molecular flexibility index (Phi) is 4.25. The van der Waals surface area contributed by atoms with Crippen molar-refractivity contribution in [1.82, 2.24) is 0 Å². The van der Waals surface area contributed by atoms with Crippen LogP contribution in [0, 0.1) is 6.92 Å². The Hall–Kier alpha value is -0.540. The van der Waals surface area contributed by atoms with Crippen LogP contribution in [-0.4, -0.2) is 20.1 Å². The highest BCUT2D eigenvalue weighted by atomic mass is 32.1. The van der Waals surface area contributed by atoms with Gasteiger partial charge in [0.25, 0.3) is 0 Å². The highest BCUT2D eigenvalue weighted by Gasteiger charge is 2.04. The molecule has 1 rings (SSSR count). The summed E-state index contributed by atoms with van der Waals surface area (Å²) in [7, 11) is 2.15. The normalized spacial score (nSPS) is 10.4. The van der Waals surface area contributed by atoms with Gasteiger partial charge in [0.2, 0.25) is 0 Å². The second-order valence-electron chi connectivity index (χ2n) is 3.33. The molecule has 0 unspecified atom stereocenters. The second-order valence-corrected chi connectivity index (χ2v) is 4.22. The Morgan fingerprint density at radius 3 is 2.77 bits per heavy atom. The summed E-state index contributed by atoms with van der Waals surface area (Å²) >= 11 is 1.81. The number of unbranched alkanes of at least 4 members (excludes halogenated alkanes) is 1. The van der Waals surface area contributed by atoms with E-state index in [1.165, 1.54) is 17.0 Å². The number of thiophene rings is 1. The maximum absolute atomic E-state index is 5.45. The van der Waals surface area contributed by atoms with E-state index < -0.39 is 0 Å². The first-order valence-electron chi connectivity index (χ1n) is 4.71. The zero-order valence-electron chi connectivity index (χ0n) is 8.42. The van der Waals surface area contributed by atoms with Crippen molar-refractivity contribution in [3.63, 3.8) is 0 Å². The average Bonchev–Trinajstić information content (AvgIpc) is 2.52. The van der Waals surface area contributed by atoms with Crippen LogP contribution in [-0.2, 0) is 0 Å². The van der Waals surface area contributed by atoms with Crippen molar-refractivity contribution in [1.29, 1.82) is 0 Å². The summed E-state index contributed by atoms with van der Waals surface area (Å²) in [5.74, 6) is 0. The van der Waals surface area contributed by atoms with Crippen LogP contribution in [0.5, 0.6) is 0 Å². The predicted octanol–water partition coefficient (Wildman–Crippen LogP) is 2.23. The van der Waals surface area contributed by atoms with E-state index in [2.05, 4.69) is 30.3 Å². The van der Waals surface area contributed by atoms with E-state index in [0.29, 0.717) is 0 Å². The fourth-order valence-electron chi connectivity index (χ4n) is 1.35. The van der Waals surface area contributed by atoms with Gasteiger partial charge in [-0.2, -0.15) is 0 Å². The fraction of sp³-hybridized carbons (Fsp3) is 0.600. The van der Waals surface area contributed by atoms with Crippen LogP contribution in [0.15, 0.2) is 11.4 Å². The largest absolute Gasteiger partial charge is 0.366 e. The molecule has 0 bridgehead atoms. The molecule has 0 aromatic carbocycles. The van der Waals surface area contributed by atoms with E-state index in [1.54, 1.807) is 0 Å². The summed E-state index contributed by atoms with van der Waals surface area (Å²) < 4.78 is 0. The van der Waals surface area contributed by atoms with Gasteiger partial charge in [0.15, 0.2) is 0 Å². The minimum Gasteiger partial charge on any atom is -0.366 e. The Morgan fingerprint density at radius 1 is 1.46 bits per heavy atom. The van der Waals surface area contributed by atoms with Crippen LogP contribution < -0.4 is 10.6 Å². The van der Waals surface area contributed by atoms with Gasteiger partial charge in [0, 0.05) is 13.6 Å². The Bertz CT molecular complexity index is 245. The lowest BCUT2D eigenvalue weighted by molar-refractivity contribution is 0.730. The number of rotatable bonds is 5. The molecule has 1 heterocycles.